The molecule has 2 heterocycles. The van der Waals surface area contributed by atoms with Crippen LogP contribution in [-0.2, 0) is 15.9 Å². The number of fused-ring (bicyclic) bond motifs is 1. The van der Waals surface area contributed by atoms with Crippen molar-refractivity contribution >= 4 is 0 Å². The zero-order valence-corrected chi connectivity index (χ0v) is 14.7. The number of aryl methyl sites for hydroxylation is 1. The third kappa shape index (κ3) is 3.97. The number of nitrogens with zero attached hydrogens (tertiary/aromatic N) is 2. The van der Waals surface area contributed by atoms with Crippen LogP contribution in [-0.4, -0.2) is 66.2 Å². The molecule has 24 heavy (non-hydrogen) atoms. The molecule has 1 aliphatic carbocycles. The van der Waals surface area contributed by atoms with E-state index in [9.17, 15) is 0 Å². The molecule has 0 bridgehead atoms. The van der Waals surface area contributed by atoms with E-state index < -0.39 is 0 Å². The van der Waals surface area contributed by atoms with Crippen LogP contribution in [0.25, 0.3) is 0 Å². The van der Waals surface area contributed by atoms with Gasteiger partial charge in [0.15, 0.2) is 0 Å². The summed E-state index contributed by atoms with van der Waals surface area (Å²) in [5.74, 6) is 0. The van der Waals surface area contributed by atoms with E-state index in [1.807, 2.05) is 25.6 Å². The normalized spacial score (nSPS) is 30.4. The summed E-state index contributed by atoms with van der Waals surface area (Å²) in [6.45, 7) is 2.75. The number of aliphatic hydroxyl groups is 1. The largest absolute Gasteiger partial charge is 0.394 e. The average molecular weight is 334 g/mol. The van der Waals surface area contributed by atoms with Gasteiger partial charge in [0.2, 0.25) is 0 Å². The van der Waals surface area contributed by atoms with Crippen molar-refractivity contribution in [3.05, 3.63) is 30.1 Å². The van der Waals surface area contributed by atoms with E-state index in [0.29, 0.717) is 12.6 Å². The van der Waals surface area contributed by atoms with Gasteiger partial charge in [-0.1, -0.05) is 6.07 Å². The molecule has 134 valence electrons. The number of pyridine rings is 1. The van der Waals surface area contributed by atoms with Gasteiger partial charge in [-0.2, -0.15) is 0 Å². The Morgan fingerprint density at radius 1 is 1.42 bits per heavy atom. The Kier molecular flexibility index (Phi) is 6.22. The Hall–Kier alpha value is -1.01. The maximum absolute atomic E-state index is 8.99. The van der Waals surface area contributed by atoms with E-state index in [1.165, 1.54) is 5.56 Å². The minimum absolute atomic E-state index is 0.00732. The minimum atomic E-state index is 0.00732. The van der Waals surface area contributed by atoms with Gasteiger partial charge < -0.3 is 14.6 Å². The lowest BCUT2D eigenvalue weighted by Gasteiger charge is -2.43. The molecule has 1 N–H and O–H groups in total. The van der Waals surface area contributed by atoms with E-state index in [1.54, 1.807) is 0 Å². The molecule has 3 rings (SSSR count). The molecule has 1 aromatic rings. The smallest absolute Gasteiger partial charge is 0.0847 e. The lowest BCUT2D eigenvalue weighted by molar-refractivity contribution is -0.103. The first-order valence-electron chi connectivity index (χ1n) is 9.18. The molecular formula is C19H30N2O3. The Morgan fingerprint density at radius 3 is 3.08 bits per heavy atom. The van der Waals surface area contributed by atoms with Crippen LogP contribution in [0.3, 0.4) is 0 Å². The van der Waals surface area contributed by atoms with Crippen LogP contribution < -0.4 is 0 Å². The molecule has 0 amide bonds. The second kappa shape index (κ2) is 8.39. The first kappa shape index (κ1) is 17.8. The molecule has 1 saturated carbocycles. The summed E-state index contributed by atoms with van der Waals surface area (Å²) in [7, 11) is 1.86. The zero-order chi connectivity index (χ0) is 16.8. The van der Waals surface area contributed by atoms with Gasteiger partial charge in [-0.25, -0.2) is 0 Å². The van der Waals surface area contributed by atoms with E-state index in [4.69, 9.17) is 14.6 Å². The SMILES string of the molecule is CO[C@@]12CC[C@@H](OCCO)C[C@@H]1N(CCCc1cccnc1)CC2. The number of rotatable bonds is 8. The third-order valence-electron chi connectivity index (χ3n) is 5.73. The first-order chi connectivity index (χ1) is 11.8. The number of hydrogen-bond donors (Lipinski definition) is 1. The Morgan fingerprint density at radius 2 is 2.33 bits per heavy atom. The number of methoxy groups -OCH3 is 1. The fourth-order valence-corrected chi connectivity index (χ4v) is 4.43. The van der Waals surface area contributed by atoms with Crippen molar-refractivity contribution in [2.45, 2.75) is 56.3 Å². The van der Waals surface area contributed by atoms with Crippen molar-refractivity contribution in [1.29, 1.82) is 0 Å². The predicted molar refractivity (Wildman–Crippen MR) is 93.0 cm³/mol. The number of likely N-dealkylation sites (tertiary alicyclic amines) is 1. The summed E-state index contributed by atoms with van der Waals surface area (Å²) in [6, 6.07) is 4.59. The molecule has 3 atom stereocenters. The van der Waals surface area contributed by atoms with Crippen LogP contribution in [0.4, 0.5) is 0 Å². The van der Waals surface area contributed by atoms with Crippen LogP contribution in [0.1, 0.15) is 37.7 Å². The van der Waals surface area contributed by atoms with Gasteiger partial charge >= 0.3 is 0 Å². The number of aliphatic hydroxyl groups excluding tert-OH is 1. The Bertz CT molecular complexity index is 499. The van der Waals surface area contributed by atoms with Crippen LogP contribution in [0.15, 0.2) is 24.5 Å². The summed E-state index contributed by atoms with van der Waals surface area (Å²) in [4.78, 5) is 6.78. The minimum Gasteiger partial charge on any atom is -0.394 e. The van der Waals surface area contributed by atoms with Crippen LogP contribution >= 0.6 is 0 Å². The molecule has 1 aromatic heterocycles. The third-order valence-corrected chi connectivity index (χ3v) is 5.73. The molecule has 5 nitrogen and oxygen atoms in total. The van der Waals surface area contributed by atoms with Crippen LogP contribution in [0.2, 0.25) is 0 Å². The lowest BCUT2D eigenvalue weighted by atomic mass is 9.79. The highest BCUT2D eigenvalue weighted by atomic mass is 16.5. The van der Waals surface area contributed by atoms with Crippen molar-refractivity contribution in [3.8, 4) is 0 Å². The van der Waals surface area contributed by atoms with Crippen molar-refractivity contribution in [3.63, 3.8) is 0 Å². The second-order valence-electron chi connectivity index (χ2n) is 7.03. The Balaban J connectivity index is 1.55. The molecular weight excluding hydrogens is 304 g/mol. The van der Waals surface area contributed by atoms with Gasteiger partial charge in [-0.05, 0) is 56.7 Å². The van der Waals surface area contributed by atoms with Gasteiger partial charge in [-0.15, -0.1) is 0 Å². The highest BCUT2D eigenvalue weighted by Gasteiger charge is 2.50. The molecule has 2 aliphatic rings. The molecule has 0 unspecified atom stereocenters. The standard InChI is InChI=1S/C19H30N2O3/c1-23-19-7-6-17(24-13-12-22)14-18(19)21(11-8-19)10-3-5-16-4-2-9-20-15-16/h2,4,9,15,17-18,22H,3,5-8,10-14H2,1H3/t17-,18+,19-/m1/s1. The fourth-order valence-electron chi connectivity index (χ4n) is 4.43. The second-order valence-corrected chi connectivity index (χ2v) is 7.03. The summed E-state index contributed by atoms with van der Waals surface area (Å²) in [5.41, 5.74) is 1.32. The van der Waals surface area contributed by atoms with Crippen LogP contribution in [0, 0.1) is 0 Å². The van der Waals surface area contributed by atoms with Crippen molar-refractivity contribution in [2.24, 2.45) is 0 Å². The van der Waals surface area contributed by atoms with Gasteiger partial charge in [0, 0.05) is 32.1 Å². The van der Waals surface area contributed by atoms with Gasteiger partial charge in [0.05, 0.1) is 24.9 Å². The highest BCUT2D eigenvalue weighted by molar-refractivity contribution is 5.09. The molecule has 0 spiro atoms. The highest BCUT2D eigenvalue weighted by Crippen LogP contribution is 2.43. The summed E-state index contributed by atoms with van der Waals surface area (Å²) in [6.07, 6.45) is 10.5. The van der Waals surface area contributed by atoms with E-state index in [2.05, 4.69) is 16.0 Å². The topological polar surface area (TPSA) is 54.8 Å². The molecule has 1 aliphatic heterocycles. The molecule has 0 radical (unpaired) electrons. The molecule has 5 heteroatoms. The van der Waals surface area contributed by atoms with Crippen molar-refractivity contribution in [1.82, 2.24) is 9.88 Å². The number of hydrogen-bond acceptors (Lipinski definition) is 5. The van der Waals surface area contributed by atoms with Gasteiger partial charge in [0.1, 0.15) is 0 Å². The summed E-state index contributed by atoms with van der Waals surface area (Å²) >= 11 is 0. The van der Waals surface area contributed by atoms with E-state index >= 15 is 0 Å². The van der Waals surface area contributed by atoms with Crippen molar-refractivity contribution in [2.75, 3.05) is 33.4 Å². The van der Waals surface area contributed by atoms with Gasteiger partial charge in [-0.3, -0.25) is 9.88 Å². The van der Waals surface area contributed by atoms with Crippen molar-refractivity contribution < 1.29 is 14.6 Å². The van der Waals surface area contributed by atoms with Gasteiger partial charge in [0.25, 0.3) is 0 Å². The molecule has 2 fully saturated rings. The molecule has 0 aromatic carbocycles. The lowest BCUT2D eigenvalue weighted by Crippen LogP contribution is -2.52. The van der Waals surface area contributed by atoms with E-state index in [-0.39, 0.29) is 18.3 Å². The zero-order valence-electron chi connectivity index (χ0n) is 14.7. The van der Waals surface area contributed by atoms with E-state index in [0.717, 1.165) is 51.6 Å². The average Bonchev–Trinajstić information content (AvgIpc) is 2.99. The summed E-state index contributed by atoms with van der Waals surface area (Å²) < 4.78 is 11.8. The predicted octanol–water partition coefficient (Wildman–Crippen LogP) is 2.04. The summed E-state index contributed by atoms with van der Waals surface area (Å²) in [5, 5.41) is 8.99. The maximum Gasteiger partial charge on any atom is 0.0847 e. The fraction of sp³-hybridized carbons (Fsp3) is 0.737. The maximum atomic E-state index is 8.99. The number of aromatic nitrogens is 1. The Labute approximate surface area is 145 Å². The molecule has 1 saturated heterocycles. The first-order valence-corrected chi connectivity index (χ1v) is 9.18. The van der Waals surface area contributed by atoms with Crippen LogP contribution in [0.5, 0.6) is 0 Å². The quantitative estimate of drug-likeness (QED) is 0.788. The number of ether oxygens (including phenoxy) is 2. The monoisotopic (exact) mass is 334 g/mol.